The Kier molecular flexibility index (Phi) is 3.19. The average molecular weight is 136 g/mol. The predicted octanol–water partition coefficient (Wildman–Crippen LogP) is -0.124. The van der Waals surface area contributed by atoms with Crippen LogP contribution < -0.4 is 0 Å². The van der Waals surface area contributed by atoms with Crippen LogP contribution >= 0.6 is 11.6 Å². The molecule has 0 aliphatic carbocycles. The van der Waals surface area contributed by atoms with Crippen molar-refractivity contribution in [1.82, 2.24) is 0 Å². The van der Waals surface area contributed by atoms with Gasteiger partial charge in [0.05, 0.1) is 7.11 Å². The Morgan fingerprint density at radius 3 is 2.50 bits per heavy atom. The SMILES string of the molecule is COC(=O)C(Cl)[C]=O. The lowest BCUT2D eigenvalue weighted by atomic mass is 10.5. The van der Waals surface area contributed by atoms with E-state index in [0.717, 1.165) is 7.11 Å². The average Bonchev–Trinajstić information content (AvgIpc) is 1.84. The van der Waals surface area contributed by atoms with Crippen LogP contribution in [0.4, 0.5) is 0 Å². The van der Waals surface area contributed by atoms with Gasteiger partial charge in [0.1, 0.15) is 0 Å². The first-order chi connectivity index (χ1) is 3.72. The van der Waals surface area contributed by atoms with Crippen LogP contribution in [0, 0.1) is 0 Å². The van der Waals surface area contributed by atoms with E-state index in [1.165, 1.54) is 6.29 Å². The Morgan fingerprint density at radius 2 is 2.38 bits per heavy atom. The summed E-state index contributed by atoms with van der Waals surface area (Å²) in [6, 6.07) is 0. The molecule has 0 heterocycles. The van der Waals surface area contributed by atoms with E-state index < -0.39 is 11.3 Å². The third-order valence-corrected chi connectivity index (χ3v) is 0.779. The highest BCUT2D eigenvalue weighted by molar-refractivity contribution is 6.37. The molecule has 0 aromatic heterocycles. The zero-order valence-electron chi connectivity index (χ0n) is 4.18. The van der Waals surface area contributed by atoms with Crippen molar-refractivity contribution in [3.8, 4) is 0 Å². The number of hydrogen-bond acceptors (Lipinski definition) is 3. The quantitative estimate of drug-likeness (QED) is 0.301. The van der Waals surface area contributed by atoms with E-state index in [2.05, 4.69) is 4.74 Å². The van der Waals surface area contributed by atoms with Crippen LogP contribution in [0.15, 0.2) is 0 Å². The number of halogens is 1. The van der Waals surface area contributed by atoms with E-state index in [0.29, 0.717) is 0 Å². The molecule has 0 saturated heterocycles. The van der Waals surface area contributed by atoms with Crippen molar-refractivity contribution in [2.45, 2.75) is 5.38 Å². The number of hydrogen-bond donors (Lipinski definition) is 0. The van der Waals surface area contributed by atoms with Gasteiger partial charge in [0, 0.05) is 0 Å². The molecular formula is C4H4ClO3. The molecule has 0 fully saturated rings. The summed E-state index contributed by atoms with van der Waals surface area (Å²) in [5.41, 5.74) is 0. The minimum atomic E-state index is -1.28. The van der Waals surface area contributed by atoms with Gasteiger partial charge in [-0.05, 0) is 0 Å². The number of ether oxygens (including phenoxy) is 1. The lowest BCUT2D eigenvalue weighted by molar-refractivity contribution is -0.138. The normalized spacial score (nSPS) is 12.2. The molecule has 0 rings (SSSR count). The molecule has 0 aliphatic heterocycles. The van der Waals surface area contributed by atoms with Crippen molar-refractivity contribution >= 4 is 23.9 Å². The van der Waals surface area contributed by atoms with Crippen molar-refractivity contribution in [3.05, 3.63) is 0 Å². The first kappa shape index (κ1) is 7.43. The van der Waals surface area contributed by atoms with E-state index >= 15 is 0 Å². The Hall–Kier alpha value is -0.570. The number of rotatable bonds is 2. The van der Waals surface area contributed by atoms with Crippen molar-refractivity contribution in [2.75, 3.05) is 7.11 Å². The van der Waals surface area contributed by atoms with Crippen LogP contribution in [0.3, 0.4) is 0 Å². The number of methoxy groups -OCH3 is 1. The van der Waals surface area contributed by atoms with Crippen molar-refractivity contribution in [3.63, 3.8) is 0 Å². The van der Waals surface area contributed by atoms with Gasteiger partial charge in [0.15, 0.2) is 5.38 Å². The first-order valence-corrected chi connectivity index (χ1v) is 2.25. The zero-order valence-corrected chi connectivity index (χ0v) is 4.94. The van der Waals surface area contributed by atoms with Gasteiger partial charge in [-0.3, -0.25) is 4.79 Å². The molecule has 45 valence electrons. The molecular weight excluding hydrogens is 131 g/mol. The third kappa shape index (κ3) is 1.93. The minimum absolute atomic E-state index is 0.776. The Bertz CT molecular complexity index is 101. The molecule has 4 heteroatoms. The van der Waals surface area contributed by atoms with Crippen molar-refractivity contribution < 1.29 is 14.3 Å². The molecule has 3 nitrogen and oxygen atoms in total. The summed E-state index contributed by atoms with van der Waals surface area (Å²) in [7, 11) is 1.15. The van der Waals surface area contributed by atoms with Gasteiger partial charge in [-0.1, -0.05) is 0 Å². The van der Waals surface area contributed by atoms with Crippen molar-refractivity contribution in [2.24, 2.45) is 0 Å². The molecule has 0 bridgehead atoms. The summed E-state index contributed by atoms with van der Waals surface area (Å²) in [5.74, 6) is -0.776. The highest BCUT2D eigenvalue weighted by atomic mass is 35.5. The fourth-order valence-electron chi connectivity index (χ4n) is 0.152. The maximum Gasteiger partial charge on any atom is 0.332 e. The molecule has 0 N–H and O–H groups in total. The predicted molar refractivity (Wildman–Crippen MR) is 27.4 cm³/mol. The highest BCUT2D eigenvalue weighted by Gasteiger charge is 2.13. The van der Waals surface area contributed by atoms with Crippen LogP contribution in [-0.2, 0) is 14.3 Å². The summed E-state index contributed by atoms with van der Waals surface area (Å²) in [6.45, 7) is 0. The van der Waals surface area contributed by atoms with Gasteiger partial charge >= 0.3 is 5.97 Å². The van der Waals surface area contributed by atoms with E-state index in [4.69, 9.17) is 11.6 Å². The molecule has 0 aliphatic rings. The topological polar surface area (TPSA) is 43.4 Å². The van der Waals surface area contributed by atoms with Gasteiger partial charge in [0.25, 0.3) is 0 Å². The summed E-state index contributed by atoms with van der Waals surface area (Å²) in [6.07, 6.45) is 1.26. The molecule has 0 saturated carbocycles. The summed E-state index contributed by atoms with van der Waals surface area (Å²) >= 11 is 5.02. The largest absolute Gasteiger partial charge is 0.468 e. The number of esters is 1. The zero-order chi connectivity index (χ0) is 6.57. The van der Waals surface area contributed by atoms with Gasteiger partial charge in [-0.15, -0.1) is 11.6 Å². The molecule has 0 aromatic carbocycles. The Morgan fingerprint density at radius 1 is 1.88 bits per heavy atom. The van der Waals surface area contributed by atoms with Crippen LogP contribution in [0.25, 0.3) is 0 Å². The lowest BCUT2D eigenvalue weighted by Crippen LogP contribution is -2.16. The van der Waals surface area contributed by atoms with Crippen molar-refractivity contribution in [1.29, 1.82) is 0 Å². The smallest absolute Gasteiger partial charge is 0.332 e. The van der Waals surface area contributed by atoms with E-state index in [9.17, 15) is 9.59 Å². The third-order valence-electron chi connectivity index (χ3n) is 0.512. The Balaban J connectivity index is 3.62. The van der Waals surface area contributed by atoms with Crippen LogP contribution in [0.2, 0.25) is 0 Å². The van der Waals surface area contributed by atoms with E-state index in [1.807, 2.05) is 0 Å². The van der Waals surface area contributed by atoms with Gasteiger partial charge in [-0.2, -0.15) is 0 Å². The van der Waals surface area contributed by atoms with Gasteiger partial charge in [0.2, 0.25) is 6.29 Å². The Labute approximate surface area is 51.6 Å². The highest BCUT2D eigenvalue weighted by Crippen LogP contribution is 1.91. The molecule has 1 unspecified atom stereocenters. The maximum atomic E-state index is 10.1. The number of alkyl halides is 1. The standard InChI is InChI=1S/C4H4ClO3/c1-8-4(7)3(5)2-6/h3H,1H3. The van der Waals surface area contributed by atoms with Crippen LogP contribution in [-0.4, -0.2) is 24.7 Å². The molecule has 1 radical (unpaired) electrons. The second-order valence-corrected chi connectivity index (χ2v) is 1.44. The second kappa shape index (κ2) is 3.43. The van der Waals surface area contributed by atoms with Gasteiger partial charge < -0.3 is 4.74 Å². The van der Waals surface area contributed by atoms with Crippen LogP contribution in [0.1, 0.15) is 0 Å². The lowest BCUT2D eigenvalue weighted by Gasteiger charge is -1.94. The summed E-state index contributed by atoms with van der Waals surface area (Å²) < 4.78 is 4.07. The second-order valence-electron chi connectivity index (χ2n) is 1.00. The molecule has 0 aromatic rings. The fraction of sp³-hybridized carbons (Fsp3) is 0.500. The minimum Gasteiger partial charge on any atom is -0.468 e. The molecule has 1 atom stereocenters. The first-order valence-electron chi connectivity index (χ1n) is 1.82. The molecule has 0 amide bonds. The molecule has 8 heavy (non-hydrogen) atoms. The summed E-state index contributed by atoms with van der Waals surface area (Å²) in [5, 5.41) is -1.28. The maximum absolute atomic E-state index is 10.1. The number of carbonyl (C=O) groups excluding carboxylic acids is 2. The fourth-order valence-corrected chi connectivity index (χ4v) is 0.241. The summed E-state index contributed by atoms with van der Waals surface area (Å²) in [4.78, 5) is 19.7. The van der Waals surface area contributed by atoms with Gasteiger partial charge in [-0.25, -0.2) is 4.79 Å². The van der Waals surface area contributed by atoms with E-state index in [1.54, 1.807) is 0 Å². The van der Waals surface area contributed by atoms with E-state index in [-0.39, 0.29) is 0 Å². The van der Waals surface area contributed by atoms with Crippen LogP contribution in [0.5, 0.6) is 0 Å². The molecule has 0 spiro atoms. The monoisotopic (exact) mass is 135 g/mol. The number of carbonyl (C=O) groups is 1.